The maximum absolute atomic E-state index is 6.47. The molecule has 0 aliphatic heterocycles. The van der Waals surface area contributed by atoms with E-state index in [1.54, 1.807) is 12.5 Å². The molecule has 19 heteroatoms. The molecule has 0 fully saturated rings. The number of hydrogen-bond acceptors (Lipinski definition) is 12. The Morgan fingerprint density at radius 2 is 0.549 bits per heavy atom. The van der Waals surface area contributed by atoms with Gasteiger partial charge in [-0.3, -0.25) is 27.4 Å². The summed E-state index contributed by atoms with van der Waals surface area (Å²) in [6.45, 7) is 0. The van der Waals surface area contributed by atoms with Crippen LogP contribution in [-0.4, -0.2) is 45.4 Å². The molecule has 0 amide bonds. The first kappa shape index (κ1) is 73.9. The molecule has 0 aliphatic rings. The summed E-state index contributed by atoms with van der Waals surface area (Å²) in [6.07, 6.45) is 17.5. The zero-order chi connectivity index (χ0) is 87.1. The molecule has 133 heavy (non-hydrogen) atoms. The molecule has 0 spiro atoms. The molecule has 0 saturated carbocycles. The fourth-order valence-electron chi connectivity index (χ4n) is 20.2. The van der Waals surface area contributed by atoms with Crippen LogP contribution in [0, 0.1) is 0 Å². The number of fused-ring (bicyclic) bond motifs is 24. The predicted octanol–water partition coefficient (Wildman–Crippen LogP) is 27.7. The molecule has 18 heterocycles. The molecule has 0 bridgehead atoms. The van der Waals surface area contributed by atoms with Gasteiger partial charge in [-0.2, -0.15) is 0 Å². The Kier molecular flexibility index (Phi) is 16.1. The van der Waals surface area contributed by atoms with Crippen molar-refractivity contribution in [3.05, 3.63) is 414 Å². The molecule has 0 atom stereocenters. The minimum atomic E-state index is -2.76. The zero-order valence-electron chi connectivity index (χ0n) is 70.4. The van der Waals surface area contributed by atoms with Crippen LogP contribution in [0.5, 0.6) is 0 Å². The van der Waals surface area contributed by atoms with E-state index in [0.29, 0.717) is 11.6 Å². The highest BCUT2D eigenvalue weighted by Gasteiger charge is 2.42. The summed E-state index contributed by atoms with van der Waals surface area (Å²) < 4.78 is 73.4. The van der Waals surface area contributed by atoms with E-state index in [2.05, 4.69) is 280 Å². The number of rotatable bonds is 12. The third kappa shape index (κ3) is 11.5. The number of para-hydroxylation sites is 4. The van der Waals surface area contributed by atoms with E-state index < -0.39 is 8.07 Å². The number of benzene rings is 12. The number of furan rings is 10. The molecule has 30 aromatic rings. The lowest BCUT2D eigenvalue weighted by Crippen LogP contribution is -2.74. The second-order valence-corrected chi connectivity index (χ2v) is 37.4. The van der Waals surface area contributed by atoms with Gasteiger partial charge in [0, 0.05) is 147 Å². The zero-order valence-corrected chi connectivity index (χ0v) is 71.4. The molecule has 0 N–H and O–H groups in total. The van der Waals surface area contributed by atoms with Crippen molar-refractivity contribution in [2.24, 2.45) is 0 Å². The maximum Gasteiger partial charge on any atom is 0.298 e. The van der Waals surface area contributed by atoms with Gasteiger partial charge in [-0.15, -0.1) is 0 Å². The van der Waals surface area contributed by atoms with Crippen molar-refractivity contribution >= 4 is 206 Å². The number of nitrogens with zero attached hydrogens (tertiary/aromatic N) is 8. The standard InChI is InChI=1S/2C41H24N4O3.C32H20O4Si/c1-3-12-35-28(9-1)30-17-20-43(39(30)46-35)26-8-5-7-25(23-26)34-11-6-14-38(42-34)45-22-19-32-33-24-27(15-16-37(33)48-41(32)45)44-21-18-31-29-10-2-4-13-36(29)47-40(31)44;1-3-10-35-29(8-1)31-15-19-44(39(31)46-35)28-12-13-37-34(24-28)33-16-20-43(40(33)48-37)27-7-5-6-25(22-27)26-14-18-42-38(23-26)45-21-17-32-30-9-2-4-11-36(30)47-41(32)45;1-3-7-21(8-4-1)37(22-9-5-2-6-10-22,23-11-13-29-27(19-23)25-15-17-33-31(25)35-29)24-12-14-30-28(20-24)26-16-18-34-32(26)36-30/h2*1-24H;1-20H. The largest absolute Gasteiger partial charge is 0.439 e. The van der Waals surface area contributed by atoms with Crippen LogP contribution in [-0.2, 0) is 0 Å². The molecule has 0 aliphatic carbocycles. The van der Waals surface area contributed by atoms with Crippen LogP contribution in [0.3, 0.4) is 0 Å². The summed E-state index contributed by atoms with van der Waals surface area (Å²) in [5.74, 6) is 2.69. The minimum absolute atomic E-state index is 0.556. The van der Waals surface area contributed by atoms with Crippen LogP contribution in [0.4, 0.5) is 0 Å². The Morgan fingerprint density at radius 3 is 1.01 bits per heavy atom. The first-order valence-corrected chi connectivity index (χ1v) is 46.0. The van der Waals surface area contributed by atoms with Gasteiger partial charge in [0.2, 0.25) is 34.3 Å². The third-order valence-electron chi connectivity index (χ3n) is 26.4. The SMILES string of the molecule is c1cc(-c2cccc(-n3ccc4c5cc(-n6ccc7c8ccccc8oc76)ccc5oc43)n2)cc(-n2ccc3c4ccccc4oc32)c1.c1cc(-c2ccnc(-n3ccc4c5ccccc5oc43)c2)cc(-n2ccc3c4cc(-n5ccc6c7ccccc7oc65)ccc4oc32)c1.c1ccc([Si](c2ccccc2)(c2ccc3oc4occc4c3c2)c2ccc3oc4occc4c3c2)cc1. The van der Waals surface area contributed by atoms with Gasteiger partial charge in [0.15, 0.2) is 8.07 Å². The Bertz CT molecular complexity index is 9310. The second kappa shape index (κ2) is 28.9. The van der Waals surface area contributed by atoms with Crippen LogP contribution in [0.15, 0.2) is 458 Å². The van der Waals surface area contributed by atoms with E-state index in [1.807, 2.05) is 149 Å². The number of aromatic nitrogens is 8. The summed E-state index contributed by atoms with van der Waals surface area (Å²) >= 11 is 0. The second-order valence-electron chi connectivity index (χ2n) is 33.6. The maximum atomic E-state index is 6.47. The minimum Gasteiger partial charge on any atom is -0.439 e. The van der Waals surface area contributed by atoms with Crippen LogP contribution in [0.2, 0.25) is 0 Å². The summed E-state index contributed by atoms with van der Waals surface area (Å²) in [7, 11) is -2.76. The lowest BCUT2D eigenvalue weighted by Gasteiger charge is -2.34. The van der Waals surface area contributed by atoms with E-state index in [9.17, 15) is 0 Å². The Hall–Kier alpha value is -18.2. The normalized spacial score (nSPS) is 12.2. The molecule has 18 nitrogen and oxygen atoms in total. The van der Waals surface area contributed by atoms with Gasteiger partial charge >= 0.3 is 0 Å². The highest BCUT2D eigenvalue weighted by molar-refractivity contribution is 7.20. The molecule has 0 radical (unpaired) electrons. The van der Waals surface area contributed by atoms with E-state index >= 15 is 0 Å². The van der Waals surface area contributed by atoms with Crippen LogP contribution in [0.25, 0.3) is 233 Å². The average molecular weight is 1740 g/mol. The fraction of sp³-hybridized carbons (Fsp3) is 0. The van der Waals surface area contributed by atoms with Crippen molar-refractivity contribution in [3.8, 4) is 56.8 Å². The van der Waals surface area contributed by atoms with Crippen molar-refractivity contribution in [2.75, 3.05) is 0 Å². The monoisotopic (exact) mass is 1740 g/mol. The van der Waals surface area contributed by atoms with Crippen molar-refractivity contribution in [1.29, 1.82) is 0 Å². The first-order valence-electron chi connectivity index (χ1n) is 44.0. The average Bonchev–Trinajstić information content (AvgIpc) is 1.70. The van der Waals surface area contributed by atoms with Gasteiger partial charge in [0.1, 0.15) is 56.3 Å². The summed E-state index contributed by atoms with van der Waals surface area (Å²) in [4.78, 5) is 9.79. The van der Waals surface area contributed by atoms with Crippen molar-refractivity contribution < 1.29 is 44.2 Å². The van der Waals surface area contributed by atoms with Crippen LogP contribution >= 0.6 is 0 Å². The molecule has 0 saturated heterocycles. The molecule has 30 rings (SSSR count). The van der Waals surface area contributed by atoms with Gasteiger partial charge in [-0.05, 0) is 214 Å². The molecule has 12 aromatic carbocycles. The summed E-state index contributed by atoms with van der Waals surface area (Å²) in [6, 6.07) is 124. The van der Waals surface area contributed by atoms with Gasteiger partial charge in [-0.25, -0.2) is 9.97 Å². The van der Waals surface area contributed by atoms with Gasteiger partial charge < -0.3 is 44.2 Å². The van der Waals surface area contributed by atoms with E-state index in [4.69, 9.17) is 54.1 Å². The Labute approximate surface area is 752 Å². The predicted molar refractivity (Wildman–Crippen MR) is 528 cm³/mol. The van der Waals surface area contributed by atoms with E-state index in [-0.39, 0.29) is 0 Å². The fourth-order valence-corrected chi connectivity index (χ4v) is 24.9. The topological polar surface area (TPSA) is 187 Å². The van der Waals surface area contributed by atoms with Crippen LogP contribution < -0.4 is 20.7 Å². The van der Waals surface area contributed by atoms with Gasteiger partial charge in [0.25, 0.3) is 11.6 Å². The Balaban J connectivity index is 0.000000101. The van der Waals surface area contributed by atoms with Crippen LogP contribution in [0.1, 0.15) is 0 Å². The number of pyridine rings is 2. The first-order chi connectivity index (χ1) is 65.8. The highest BCUT2D eigenvalue weighted by atomic mass is 28.3. The van der Waals surface area contributed by atoms with E-state index in [0.717, 1.165) is 222 Å². The lowest BCUT2D eigenvalue weighted by molar-refractivity contribution is 0.498. The summed E-state index contributed by atoms with van der Waals surface area (Å²) in [5.41, 5.74) is 19.7. The quantitative estimate of drug-likeness (QED) is 0.0833. The van der Waals surface area contributed by atoms with Gasteiger partial charge in [0.05, 0.1) is 29.0 Å². The van der Waals surface area contributed by atoms with Gasteiger partial charge in [-0.1, -0.05) is 176 Å². The third-order valence-corrected chi connectivity index (χ3v) is 31.1. The molecule has 628 valence electrons. The highest BCUT2D eigenvalue weighted by Crippen LogP contribution is 2.43. The van der Waals surface area contributed by atoms with Crippen molar-refractivity contribution in [3.63, 3.8) is 0 Å². The van der Waals surface area contributed by atoms with Crippen molar-refractivity contribution in [2.45, 2.75) is 0 Å². The molecule has 0 unspecified atom stereocenters. The number of hydrogen-bond donors (Lipinski definition) is 0. The summed E-state index contributed by atoms with van der Waals surface area (Å²) in [5, 5.41) is 22.3. The van der Waals surface area contributed by atoms with E-state index in [1.165, 1.54) is 20.7 Å². The Morgan fingerprint density at radius 1 is 0.203 bits per heavy atom. The van der Waals surface area contributed by atoms with Crippen molar-refractivity contribution in [1.82, 2.24) is 37.4 Å². The molecule has 18 aromatic heterocycles. The smallest absolute Gasteiger partial charge is 0.298 e. The molecular weight excluding hydrogens is 1670 g/mol. The lowest BCUT2D eigenvalue weighted by atomic mass is 10.1. The molecular formula is C114H68N8O10Si.